The van der Waals surface area contributed by atoms with Gasteiger partial charge in [-0.3, -0.25) is 0 Å². The predicted molar refractivity (Wildman–Crippen MR) is 65.1 cm³/mol. The van der Waals surface area contributed by atoms with E-state index >= 15 is 0 Å². The monoisotopic (exact) mass is 230 g/mol. The van der Waals surface area contributed by atoms with E-state index in [1.165, 1.54) is 0 Å². The second kappa shape index (κ2) is 3.72. The Bertz CT molecular complexity index is 577. The first-order chi connectivity index (χ1) is 8.22. The van der Waals surface area contributed by atoms with Crippen molar-refractivity contribution in [3.63, 3.8) is 0 Å². The van der Waals surface area contributed by atoms with Crippen LogP contribution >= 0.6 is 0 Å². The molecular weight excluding hydrogens is 216 g/mol. The summed E-state index contributed by atoms with van der Waals surface area (Å²) >= 11 is 0. The van der Waals surface area contributed by atoms with E-state index in [9.17, 15) is 10.2 Å². The maximum absolute atomic E-state index is 10.2. The number of fused-ring (bicyclic) bond motifs is 2. The molecule has 2 unspecified atom stereocenters. The summed E-state index contributed by atoms with van der Waals surface area (Å²) < 4.78 is 5.29. The fraction of sp³-hybridized carbons (Fsp3) is 0.286. The smallest absolute Gasteiger partial charge is 0.127 e. The van der Waals surface area contributed by atoms with E-state index in [2.05, 4.69) is 0 Å². The van der Waals surface area contributed by atoms with Crippen LogP contribution in [0.1, 0.15) is 17.2 Å². The number of aromatic hydroxyl groups is 1. The molecule has 2 N–H and O–H groups in total. The Kier molecular flexibility index (Phi) is 2.31. The van der Waals surface area contributed by atoms with Gasteiger partial charge in [0.25, 0.3) is 0 Å². The Hall–Kier alpha value is -1.58. The average Bonchev–Trinajstić information content (AvgIpc) is 2.66. The van der Waals surface area contributed by atoms with Gasteiger partial charge in [0.1, 0.15) is 11.9 Å². The van der Waals surface area contributed by atoms with Gasteiger partial charge in [0.2, 0.25) is 0 Å². The SMILES string of the molecule is COC1c2cc3ccccc3c(O)c2CC1O. The van der Waals surface area contributed by atoms with E-state index in [0.717, 1.165) is 21.9 Å². The summed E-state index contributed by atoms with van der Waals surface area (Å²) in [6.07, 6.45) is -0.456. The van der Waals surface area contributed by atoms with Crippen molar-refractivity contribution < 1.29 is 14.9 Å². The zero-order valence-corrected chi connectivity index (χ0v) is 9.55. The van der Waals surface area contributed by atoms with Gasteiger partial charge >= 0.3 is 0 Å². The first kappa shape index (κ1) is 10.6. The molecule has 0 saturated carbocycles. The number of hydrogen-bond acceptors (Lipinski definition) is 3. The van der Waals surface area contributed by atoms with Crippen LogP contribution in [0, 0.1) is 0 Å². The van der Waals surface area contributed by atoms with Crippen molar-refractivity contribution in [2.24, 2.45) is 0 Å². The fourth-order valence-corrected chi connectivity index (χ4v) is 2.67. The minimum Gasteiger partial charge on any atom is -0.507 e. The Morgan fingerprint density at radius 3 is 2.82 bits per heavy atom. The molecule has 2 aromatic carbocycles. The highest BCUT2D eigenvalue weighted by Crippen LogP contribution is 2.42. The quantitative estimate of drug-likeness (QED) is 0.789. The van der Waals surface area contributed by atoms with E-state index < -0.39 is 6.10 Å². The zero-order chi connectivity index (χ0) is 12.0. The first-order valence-electron chi connectivity index (χ1n) is 5.66. The summed E-state index contributed by atoms with van der Waals surface area (Å²) in [5, 5.41) is 21.9. The molecule has 1 aliphatic rings. The summed E-state index contributed by atoms with van der Waals surface area (Å²) in [6.45, 7) is 0. The maximum Gasteiger partial charge on any atom is 0.127 e. The van der Waals surface area contributed by atoms with Crippen LogP contribution in [0.25, 0.3) is 10.8 Å². The van der Waals surface area contributed by atoms with Crippen LogP contribution in [0.5, 0.6) is 5.75 Å². The normalized spacial score (nSPS) is 22.9. The minimum atomic E-state index is -0.572. The van der Waals surface area contributed by atoms with Crippen molar-refractivity contribution >= 4 is 10.8 Å². The van der Waals surface area contributed by atoms with Crippen LogP contribution in [0.4, 0.5) is 0 Å². The second-order valence-corrected chi connectivity index (χ2v) is 4.44. The number of benzene rings is 2. The summed E-state index contributed by atoms with van der Waals surface area (Å²) in [4.78, 5) is 0. The van der Waals surface area contributed by atoms with Gasteiger partial charge in [-0.2, -0.15) is 0 Å². The summed E-state index contributed by atoms with van der Waals surface area (Å²) in [5.41, 5.74) is 1.71. The van der Waals surface area contributed by atoms with Crippen LogP contribution in [0.15, 0.2) is 30.3 Å². The lowest BCUT2D eigenvalue weighted by molar-refractivity contribution is -0.000786. The molecule has 88 valence electrons. The van der Waals surface area contributed by atoms with Crippen molar-refractivity contribution in [2.45, 2.75) is 18.6 Å². The summed E-state index contributed by atoms with van der Waals surface area (Å²) in [5.74, 6) is 0.275. The third kappa shape index (κ3) is 1.43. The number of phenolic OH excluding ortho intramolecular Hbond substituents is 1. The third-order valence-electron chi connectivity index (χ3n) is 3.48. The fourth-order valence-electron chi connectivity index (χ4n) is 2.67. The van der Waals surface area contributed by atoms with E-state index in [0.29, 0.717) is 6.42 Å². The molecule has 0 heterocycles. The molecule has 1 aliphatic carbocycles. The van der Waals surface area contributed by atoms with Gasteiger partial charge in [0, 0.05) is 24.5 Å². The zero-order valence-electron chi connectivity index (χ0n) is 9.55. The number of aliphatic hydroxyl groups is 1. The highest BCUT2D eigenvalue weighted by Gasteiger charge is 2.33. The molecule has 0 saturated heterocycles. The summed E-state index contributed by atoms with van der Waals surface area (Å²) in [7, 11) is 1.58. The van der Waals surface area contributed by atoms with E-state index in [4.69, 9.17) is 4.74 Å². The topological polar surface area (TPSA) is 49.7 Å². The molecule has 0 amide bonds. The molecule has 2 aromatic rings. The molecule has 17 heavy (non-hydrogen) atoms. The Morgan fingerprint density at radius 1 is 1.29 bits per heavy atom. The Morgan fingerprint density at radius 2 is 2.06 bits per heavy atom. The molecule has 0 aliphatic heterocycles. The van der Waals surface area contributed by atoms with Gasteiger partial charge in [-0.1, -0.05) is 24.3 Å². The average molecular weight is 230 g/mol. The standard InChI is InChI=1S/C14H14O3/c1-17-14-11-6-8-4-2-3-5-9(8)13(16)10(11)7-12(14)15/h2-6,12,14-16H,7H2,1H3. The Labute approximate surface area is 99.3 Å². The van der Waals surface area contributed by atoms with Crippen LogP contribution in [-0.4, -0.2) is 23.4 Å². The van der Waals surface area contributed by atoms with Crippen LogP contribution < -0.4 is 0 Å². The summed E-state index contributed by atoms with van der Waals surface area (Å²) in [6, 6.07) is 9.66. The Balaban J connectivity index is 2.30. The molecule has 3 nitrogen and oxygen atoms in total. The van der Waals surface area contributed by atoms with E-state index in [1.54, 1.807) is 7.11 Å². The van der Waals surface area contributed by atoms with Crippen molar-refractivity contribution in [1.29, 1.82) is 0 Å². The van der Waals surface area contributed by atoms with Crippen LogP contribution in [0.2, 0.25) is 0 Å². The van der Waals surface area contributed by atoms with Crippen molar-refractivity contribution in [3.05, 3.63) is 41.5 Å². The van der Waals surface area contributed by atoms with Gasteiger partial charge in [0.15, 0.2) is 0 Å². The number of rotatable bonds is 1. The minimum absolute atomic E-state index is 0.275. The van der Waals surface area contributed by atoms with Crippen molar-refractivity contribution in [1.82, 2.24) is 0 Å². The van der Waals surface area contributed by atoms with Crippen LogP contribution in [-0.2, 0) is 11.2 Å². The van der Waals surface area contributed by atoms with Gasteiger partial charge in [-0.05, 0) is 17.0 Å². The first-order valence-corrected chi connectivity index (χ1v) is 5.66. The van der Waals surface area contributed by atoms with Crippen LogP contribution in [0.3, 0.4) is 0 Å². The molecule has 0 bridgehead atoms. The van der Waals surface area contributed by atoms with Gasteiger partial charge in [-0.25, -0.2) is 0 Å². The molecule has 0 fully saturated rings. The van der Waals surface area contributed by atoms with Gasteiger partial charge < -0.3 is 14.9 Å². The number of phenols is 1. The lowest BCUT2D eigenvalue weighted by Gasteiger charge is -2.14. The highest BCUT2D eigenvalue weighted by atomic mass is 16.5. The lowest BCUT2D eigenvalue weighted by atomic mass is 10.0. The number of hydrogen-bond donors (Lipinski definition) is 2. The predicted octanol–water partition coefficient (Wildman–Crippen LogP) is 2.15. The lowest BCUT2D eigenvalue weighted by Crippen LogP contribution is -2.14. The van der Waals surface area contributed by atoms with Crippen molar-refractivity contribution in [3.8, 4) is 5.75 Å². The van der Waals surface area contributed by atoms with E-state index in [-0.39, 0.29) is 11.9 Å². The van der Waals surface area contributed by atoms with E-state index in [1.807, 2.05) is 30.3 Å². The second-order valence-electron chi connectivity index (χ2n) is 4.44. The third-order valence-corrected chi connectivity index (χ3v) is 3.48. The molecule has 0 aromatic heterocycles. The molecule has 2 atom stereocenters. The number of methoxy groups -OCH3 is 1. The molecule has 3 rings (SSSR count). The molecule has 3 heteroatoms. The molecule has 0 spiro atoms. The molecular formula is C14H14O3. The molecule has 0 radical (unpaired) electrons. The number of ether oxygens (including phenoxy) is 1. The highest BCUT2D eigenvalue weighted by molar-refractivity contribution is 5.90. The van der Waals surface area contributed by atoms with Crippen molar-refractivity contribution in [2.75, 3.05) is 7.11 Å². The van der Waals surface area contributed by atoms with Gasteiger partial charge in [-0.15, -0.1) is 0 Å². The maximum atomic E-state index is 10.2. The number of aliphatic hydroxyl groups excluding tert-OH is 1. The largest absolute Gasteiger partial charge is 0.507 e. The van der Waals surface area contributed by atoms with Gasteiger partial charge in [0.05, 0.1) is 6.10 Å².